The molecule has 2 heterocycles. The maximum atomic E-state index is 13.2. The fraction of sp³-hybridized carbons (Fsp3) is 0.333. The van der Waals surface area contributed by atoms with Crippen molar-refractivity contribution in [2.24, 2.45) is 0 Å². The van der Waals surface area contributed by atoms with Gasteiger partial charge in [0.25, 0.3) is 5.56 Å². The maximum absolute atomic E-state index is 13.2. The summed E-state index contributed by atoms with van der Waals surface area (Å²) in [6.07, 6.45) is 1.39. The summed E-state index contributed by atoms with van der Waals surface area (Å²) < 4.78 is 16.1. The molecular formula is C24H26Cl2N4O6. The number of benzene rings is 1. The highest BCUT2D eigenvalue weighted by molar-refractivity contribution is 6.42. The molecule has 1 aromatic heterocycles. The third-order valence-electron chi connectivity index (χ3n) is 5.29. The van der Waals surface area contributed by atoms with Gasteiger partial charge in [0.15, 0.2) is 0 Å². The van der Waals surface area contributed by atoms with Crippen LogP contribution in [-0.4, -0.2) is 55.4 Å². The summed E-state index contributed by atoms with van der Waals surface area (Å²) in [7, 11) is 1.26. The Kier molecular flexibility index (Phi) is 9.51. The SMILES string of the molecule is CCOC(=O)C1=C(COCCNc2nccc(=O)[nH]2)NC(C)=C(C(=O)OC)C1c1cccc(Cl)c1Cl. The Balaban J connectivity index is 1.93. The van der Waals surface area contributed by atoms with Crippen LogP contribution in [0.2, 0.25) is 10.0 Å². The summed E-state index contributed by atoms with van der Waals surface area (Å²) in [5, 5.41) is 6.52. The van der Waals surface area contributed by atoms with Crippen molar-refractivity contribution < 1.29 is 23.8 Å². The van der Waals surface area contributed by atoms with E-state index >= 15 is 0 Å². The van der Waals surface area contributed by atoms with Gasteiger partial charge in [-0.1, -0.05) is 35.3 Å². The van der Waals surface area contributed by atoms with Gasteiger partial charge < -0.3 is 24.8 Å². The number of hydrogen-bond donors (Lipinski definition) is 3. The number of ether oxygens (including phenoxy) is 3. The smallest absolute Gasteiger partial charge is 0.336 e. The van der Waals surface area contributed by atoms with Crippen LogP contribution in [0.25, 0.3) is 0 Å². The molecule has 0 saturated carbocycles. The first kappa shape index (κ1) is 27.3. The van der Waals surface area contributed by atoms with E-state index in [4.69, 9.17) is 37.4 Å². The normalized spacial score (nSPS) is 15.4. The zero-order chi connectivity index (χ0) is 26.2. The van der Waals surface area contributed by atoms with Gasteiger partial charge in [0.05, 0.1) is 59.7 Å². The lowest BCUT2D eigenvalue weighted by Gasteiger charge is -2.31. The van der Waals surface area contributed by atoms with Crippen LogP contribution in [0.4, 0.5) is 5.95 Å². The first-order valence-electron chi connectivity index (χ1n) is 11.1. The van der Waals surface area contributed by atoms with Crippen LogP contribution < -0.4 is 16.2 Å². The topological polar surface area (TPSA) is 132 Å². The predicted octanol–water partition coefficient (Wildman–Crippen LogP) is 3.16. The van der Waals surface area contributed by atoms with Crippen LogP contribution in [0.15, 0.2) is 57.8 Å². The number of nitrogens with one attached hydrogen (secondary N) is 3. The number of aromatic nitrogens is 2. The van der Waals surface area contributed by atoms with Crippen LogP contribution >= 0.6 is 23.2 Å². The number of halogens is 2. The molecule has 1 aromatic carbocycles. The van der Waals surface area contributed by atoms with E-state index in [1.165, 1.54) is 19.4 Å². The van der Waals surface area contributed by atoms with Gasteiger partial charge in [0.2, 0.25) is 5.95 Å². The zero-order valence-corrected chi connectivity index (χ0v) is 21.5. The molecule has 1 unspecified atom stereocenters. The number of aromatic amines is 1. The zero-order valence-electron chi connectivity index (χ0n) is 19.9. The lowest BCUT2D eigenvalue weighted by molar-refractivity contribution is -0.139. The number of carbonyl (C=O) groups excluding carboxylic acids is 2. The van der Waals surface area contributed by atoms with E-state index in [9.17, 15) is 14.4 Å². The number of esters is 2. The second-order valence-corrected chi connectivity index (χ2v) is 8.39. The van der Waals surface area contributed by atoms with Crippen molar-refractivity contribution in [1.82, 2.24) is 15.3 Å². The Bertz CT molecular complexity index is 1260. The Morgan fingerprint density at radius 3 is 2.64 bits per heavy atom. The van der Waals surface area contributed by atoms with Crippen molar-refractivity contribution in [3.63, 3.8) is 0 Å². The summed E-state index contributed by atoms with van der Waals surface area (Å²) in [4.78, 5) is 43.9. The molecule has 36 heavy (non-hydrogen) atoms. The summed E-state index contributed by atoms with van der Waals surface area (Å²) in [5.41, 5.74) is 1.41. The summed E-state index contributed by atoms with van der Waals surface area (Å²) in [6.45, 7) is 4.04. The van der Waals surface area contributed by atoms with Gasteiger partial charge in [-0.25, -0.2) is 14.6 Å². The van der Waals surface area contributed by atoms with E-state index in [0.717, 1.165) is 0 Å². The monoisotopic (exact) mass is 536 g/mol. The average molecular weight is 537 g/mol. The fourth-order valence-corrected chi connectivity index (χ4v) is 4.19. The van der Waals surface area contributed by atoms with Gasteiger partial charge in [0, 0.05) is 24.5 Å². The molecule has 0 saturated heterocycles. The molecule has 10 nitrogen and oxygen atoms in total. The third-order valence-corrected chi connectivity index (χ3v) is 6.13. The Morgan fingerprint density at radius 1 is 1.17 bits per heavy atom. The van der Waals surface area contributed by atoms with E-state index in [1.807, 2.05) is 0 Å². The van der Waals surface area contributed by atoms with Gasteiger partial charge in [-0.3, -0.25) is 9.78 Å². The van der Waals surface area contributed by atoms with E-state index < -0.39 is 17.9 Å². The molecule has 1 aliphatic rings. The highest BCUT2D eigenvalue weighted by Crippen LogP contribution is 2.43. The van der Waals surface area contributed by atoms with Crippen molar-refractivity contribution in [1.29, 1.82) is 0 Å². The predicted molar refractivity (Wildman–Crippen MR) is 135 cm³/mol. The highest BCUT2D eigenvalue weighted by Gasteiger charge is 2.40. The number of allylic oxidation sites excluding steroid dienone is 1. The van der Waals surface area contributed by atoms with Crippen molar-refractivity contribution in [3.8, 4) is 0 Å². The van der Waals surface area contributed by atoms with Crippen molar-refractivity contribution in [3.05, 3.63) is 79.0 Å². The van der Waals surface area contributed by atoms with Gasteiger partial charge in [-0.15, -0.1) is 0 Å². The first-order valence-corrected chi connectivity index (χ1v) is 11.8. The molecule has 192 valence electrons. The number of nitrogens with zero attached hydrogens (tertiary/aromatic N) is 1. The van der Waals surface area contributed by atoms with Gasteiger partial charge in [-0.05, 0) is 25.5 Å². The van der Waals surface area contributed by atoms with Gasteiger partial charge in [-0.2, -0.15) is 0 Å². The molecule has 3 N–H and O–H groups in total. The number of methoxy groups -OCH3 is 1. The molecule has 1 atom stereocenters. The van der Waals surface area contributed by atoms with E-state index in [2.05, 4.69) is 20.6 Å². The minimum absolute atomic E-state index is 0.00492. The van der Waals surface area contributed by atoms with Crippen molar-refractivity contribution in [2.45, 2.75) is 19.8 Å². The second-order valence-electron chi connectivity index (χ2n) is 7.61. The minimum Gasteiger partial charge on any atom is -0.466 e. The van der Waals surface area contributed by atoms with E-state index in [0.29, 0.717) is 29.5 Å². The molecule has 12 heteroatoms. The van der Waals surface area contributed by atoms with Crippen LogP contribution in [0.5, 0.6) is 0 Å². The molecule has 3 rings (SSSR count). The van der Waals surface area contributed by atoms with Crippen LogP contribution in [0.1, 0.15) is 25.3 Å². The van der Waals surface area contributed by atoms with Gasteiger partial charge in [0.1, 0.15) is 0 Å². The lowest BCUT2D eigenvalue weighted by atomic mass is 9.80. The average Bonchev–Trinajstić information content (AvgIpc) is 2.85. The molecular weight excluding hydrogens is 511 g/mol. The van der Waals surface area contributed by atoms with E-state index in [-0.39, 0.29) is 46.6 Å². The molecule has 0 spiro atoms. The Hall–Kier alpha value is -3.34. The second kappa shape index (κ2) is 12.6. The molecule has 0 bridgehead atoms. The quantitative estimate of drug-likeness (QED) is 0.309. The molecule has 2 aromatic rings. The molecule has 0 radical (unpaired) electrons. The van der Waals surface area contributed by atoms with Gasteiger partial charge >= 0.3 is 11.9 Å². The molecule has 0 amide bonds. The lowest BCUT2D eigenvalue weighted by Crippen LogP contribution is -2.35. The number of H-pyrrole nitrogens is 1. The fourth-order valence-electron chi connectivity index (χ4n) is 3.77. The summed E-state index contributed by atoms with van der Waals surface area (Å²) in [6, 6.07) is 6.29. The number of rotatable bonds is 10. The number of hydrogen-bond acceptors (Lipinski definition) is 9. The van der Waals surface area contributed by atoms with E-state index in [1.54, 1.807) is 32.0 Å². The first-order chi connectivity index (χ1) is 17.3. The summed E-state index contributed by atoms with van der Waals surface area (Å²) in [5.74, 6) is -1.86. The Labute approximate surface area is 217 Å². The number of anilines is 1. The minimum atomic E-state index is -0.903. The summed E-state index contributed by atoms with van der Waals surface area (Å²) >= 11 is 12.8. The molecule has 0 fully saturated rings. The standard InChI is InChI=1S/C24H26Cl2N4O6/c1-4-36-23(33)20-16(12-35-11-10-28-24-27-9-8-17(31)30-24)29-13(2)18(22(32)34-3)19(20)14-6-5-7-15(25)21(14)26/h5-9,19,29H,4,10-12H2,1-3H3,(H2,27,28,30,31). The van der Waals surface area contributed by atoms with Crippen LogP contribution in [0.3, 0.4) is 0 Å². The number of carbonyl (C=O) groups is 2. The number of dihydropyridines is 1. The third kappa shape index (κ3) is 6.26. The van der Waals surface area contributed by atoms with Crippen molar-refractivity contribution in [2.75, 3.05) is 38.8 Å². The maximum Gasteiger partial charge on any atom is 0.336 e. The van der Waals surface area contributed by atoms with Crippen LogP contribution in [0, 0.1) is 0 Å². The largest absolute Gasteiger partial charge is 0.466 e. The Morgan fingerprint density at radius 2 is 1.94 bits per heavy atom. The van der Waals surface area contributed by atoms with Crippen LogP contribution in [-0.2, 0) is 23.8 Å². The van der Waals surface area contributed by atoms with Crippen molar-refractivity contribution >= 4 is 41.1 Å². The highest BCUT2D eigenvalue weighted by atomic mass is 35.5. The molecule has 0 aliphatic carbocycles. The molecule has 1 aliphatic heterocycles.